The van der Waals surface area contributed by atoms with Crippen LogP contribution in [-0.2, 0) is 11.3 Å². The zero-order chi connectivity index (χ0) is 16.2. The van der Waals surface area contributed by atoms with Crippen molar-refractivity contribution in [2.75, 3.05) is 18.1 Å². The molecular formula is C17H18ClFN2OS. The highest BCUT2D eigenvalue weighted by molar-refractivity contribution is 7.99. The van der Waals surface area contributed by atoms with Crippen LogP contribution in [0, 0.1) is 5.82 Å². The number of nitrogens with zero attached hydrogens (tertiary/aromatic N) is 2. The molecule has 6 heteroatoms. The summed E-state index contributed by atoms with van der Waals surface area (Å²) in [4.78, 5) is 4.64. The molecule has 3 nitrogen and oxygen atoms in total. The summed E-state index contributed by atoms with van der Waals surface area (Å²) >= 11 is 7.98. The van der Waals surface area contributed by atoms with Crippen LogP contribution < -0.4 is 0 Å². The topological polar surface area (TPSA) is 26.5 Å². The number of ether oxygens (including phenoxy) is 1. The molecule has 2 aromatic rings. The van der Waals surface area contributed by atoms with Gasteiger partial charge >= 0.3 is 0 Å². The third-order valence-corrected chi connectivity index (χ3v) is 5.05. The summed E-state index contributed by atoms with van der Waals surface area (Å²) in [5.41, 5.74) is 1.33. The van der Waals surface area contributed by atoms with Gasteiger partial charge < -0.3 is 9.30 Å². The van der Waals surface area contributed by atoms with E-state index in [4.69, 9.17) is 16.3 Å². The van der Waals surface area contributed by atoms with E-state index >= 15 is 0 Å². The molecule has 23 heavy (non-hydrogen) atoms. The third-order valence-electron chi connectivity index (χ3n) is 3.67. The van der Waals surface area contributed by atoms with Crippen molar-refractivity contribution < 1.29 is 9.13 Å². The van der Waals surface area contributed by atoms with Crippen LogP contribution in [0.3, 0.4) is 0 Å². The first-order valence-electron chi connectivity index (χ1n) is 7.55. The Hall–Kier alpha value is -1.46. The van der Waals surface area contributed by atoms with Gasteiger partial charge in [-0.15, -0.1) is 0 Å². The lowest BCUT2D eigenvalue weighted by atomic mass is 10.2. The molecule has 2 heterocycles. The molecule has 1 aliphatic heterocycles. The largest absolute Gasteiger partial charge is 0.474 e. The molecule has 0 saturated heterocycles. The van der Waals surface area contributed by atoms with Gasteiger partial charge in [-0.2, -0.15) is 11.8 Å². The fourth-order valence-electron chi connectivity index (χ4n) is 2.49. The molecule has 0 fully saturated rings. The van der Waals surface area contributed by atoms with E-state index in [1.165, 1.54) is 6.07 Å². The number of rotatable bonds is 6. The van der Waals surface area contributed by atoms with Gasteiger partial charge in [0.25, 0.3) is 0 Å². The first kappa shape index (κ1) is 16.4. The van der Waals surface area contributed by atoms with Crippen LogP contribution in [0.5, 0.6) is 0 Å². The molecule has 0 N–H and O–H groups in total. The monoisotopic (exact) mass is 352 g/mol. The van der Waals surface area contributed by atoms with Gasteiger partial charge in [0.05, 0.1) is 12.6 Å². The predicted molar refractivity (Wildman–Crippen MR) is 94.2 cm³/mol. The minimum Gasteiger partial charge on any atom is -0.474 e. The van der Waals surface area contributed by atoms with Gasteiger partial charge in [-0.1, -0.05) is 24.6 Å². The molecule has 1 aliphatic rings. The van der Waals surface area contributed by atoms with Crippen molar-refractivity contribution in [1.29, 1.82) is 0 Å². The van der Waals surface area contributed by atoms with Crippen molar-refractivity contribution in [1.82, 2.24) is 4.57 Å². The highest BCUT2D eigenvalue weighted by Crippen LogP contribution is 2.22. The molecular weight excluding hydrogens is 335 g/mol. The van der Waals surface area contributed by atoms with E-state index in [-0.39, 0.29) is 11.9 Å². The van der Waals surface area contributed by atoms with Gasteiger partial charge in [-0.3, -0.25) is 0 Å². The maximum atomic E-state index is 14.0. The van der Waals surface area contributed by atoms with E-state index in [0.29, 0.717) is 29.6 Å². The lowest BCUT2D eigenvalue weighted by Gasteiger charge is -2.11. The zero-order valence-corrected chi connectivity index (χ0v) is 14.4. The number of halogens is 2. The Morgan fingerprint density at radius 1 is 1.39 bits per heavy atom. The van der Waals surface area contributed by atoms with Crippen molar-refractivity contribution >= 4 is 29.3 Å². The first-order chi connectivity index (χ1) is 11.2. The normalized spacial score (nSPS) is 17.2. The smallest absolute Gasteiger partial charge is 0.233 e. The first-order valence-corrected chi connectivity index (χ1v) is 9.09. The SMILES string of the molecule is CCSC[C@H]1COC(c2cccn2Cc2c(F)cccc2Cl)=N1. The molecule has 0 unspecified atom stereocenters. The summed E-state index contributed by atoms with van der Waals surface area (Å²) in [6, 6.07) is 8.76. The van der Waals surface area contributed by atoms with Crippen LogP contribution in [0.25, 0.3) is 0 Å². The van der Waals surface area contributed by atoms with Crippen LogP contribution in [-0.4, -0.2) is 34.6 Å². The molecule has 1 aromatic heterocycles. The van der Waals surface area contributed by atoms with E-state index < -0.39 is 0 Å². The minimum absolute atomic E-state index is 0.190. The second kappa shape index (κ2) is 7.41. The van der Waals surface area contributed by atoms with Crippen molar-refractivity contribution in [3.8, 4) is 0 Å². The van der Waals surface area contributed by atoms with Gasteiger partial charge in [-0.25, -0.2) is 9.38 Å². The Morgan fingerprint density at radius 2 is 2.26 bits per heavy atom. The third kappa shape index (κ3) is 3.72. The number of hydrogen-bond acceptors (Lipinski definition) is 3. The van der Waals surface area contributed by atoms with Crippen molar-refractivity contribution in [2.45, 2.75) is 19.5 Å². The molecule has 1 atom stereocenters. The molecule has 0 aliphatic carbocycles. The van der Waals surface area contributed by atoms with E-state index in [0.717, 1.165) is 17.2 Å². The van der Waals surface area contributed by atoms with Crippen molar-refractivity contribution in [3.05, 3.63) is 58.6 Å². The predicted octanol–water partition coefficient (Wildman–Crippen LogP) is 4.23. The summed E-state index contributed by atoms with van der Waals surface area (Å²) < 4.78 is 21.6. The van der Waals surface area contributed by atoms with Gasteiger partial charge in [0.15, 0.2) is 0 Å². The Balaban J connectivity index is 1.81. The summed E-state index contributed by atoms with van der Waals surface area (Å²) in [5.74, 6) is 2.36. The van der Waals surface area contributed by atoms with Crippen LogP contribution in [0.4, 0.5) is 4.39 Å². The highest BCUT2D eigenvalue weighted by atomic mass is 35.5. The summed E-state index contributed by atoms with van der Waals surface area (Å²) in [6.45, 7) is 3.09. The molecule has 0 bridgehead atoms. The average molecular weight is 353 g/mol. The zero-order valence-electron chi connectivity index (χ0n) is 12.8. The molecule has 0 radical (unpaired) electrons. The van der Waals surface area contributed by atoms with Crippen LogP contribution >= 0.6 is 23.4 Å². The Bertz CT molecular complexity index is 696. The van der Waals surface area contributed by atoms with Crippen molar-refractivity contribution in [3.63, 3.8) is 0 Å². The highest BCUT2D eigenvalue weighted by Gasteiger charge is 2.22. The maximum Gasteiger partial charge on any atom is 0.233 e. The van der Waals surface area contributed by atoms with Gasteiger partial charge in [-0.05, 0) is 30.0 Å². The van der Waals surface area contributed by atoms with Crippen molar-refractivity contribution in [2.24, 2.45) is 4.99 Å². The fourth-order valence-corrected chi connectivity index (χ4v) is 3.40. The summed E-state index contributed by atoms with van der Waals surface area (Å²) in [7, 11) is 0. The van der Waals surface area contributed by atoms with Gasteiger partial charge in [0.2, 0.25) is 5.90 Å². The number of aromatic nitrogens is 1. The van der Waals surface area contributed by atoms with Gasteiger partial charge in [0, 0.05) is 22.5 Å². The number of thioether (sulfide) groups is 1. The molecule has 0 spiro atoms. The summed E-state index contributed by atoms with van der Waals surface area (Å²) in [5, 5.41) is 0.427. The van der Waals surface area contributed by atoms with Crippen LogP contribution in [0.1, 0.15) is 18.2 Å². The second-order valence-corrected chi connectivity index (χ2v) is 7.01. The maximum absolute atomic E-state index is 14.0. The number of aliphatic imine (C=N–C) groups is 1. The Labute approximate surface area is 144 Å². The minimum atomic E-state index is -0.302. The lowest BCUT2D eigenvalue weighted by Crippen LogP contribution is -2.11. The molecule has 122 valence electrons. The fraction of sp³-hybridized carbons (Fsp3) is 0.353. The van der Waals surface area contributed by atoms with Gasteiger partial charge in [0.1, 0.15) is 18.1 Å². The Morgan fingerprint density at radius 3 is 3.04 bits per heavy atom. The van der Waals surface area contributed by atoms with E-state index in [1.807, 2.05) is 34.7 Å². The second-order valence-electron chi connectivity index (χ2n) is 5.28. The number of benzene rings is 1. The lowest BCUT2D eigenvalue weighted by molar-refractivity contribution is 0.323. The van der Waals surface area contributed by atoms with E-state index in [2.05, 4.69) is 11.9 Å². The molecule has 0 saturated carbocycles. The van der Waals surface area contributed by atoms with E-state index in [1.54, 1.807) is 12.1 Å². The molecule has 3 rings (SSSR count). The summed E-state index contributed by atoms with van der Waals surface area (Å²) in [6.07, 6.45) is 1.89. The van der Waals surface area contributed by atoms with E-state index in [9.17, 15) is 4.39 Å². The van der Waals surface area contributed by atoms with Crippen LogP contribution in [0.15, 0.2) is 41.5 Å². The number of hydrogen-bond donors (Lipinski definition) is 0. The standard InChI is InChI=1S/C17H18ClFN2OS/c1-2-23-11-12-10-22-17(20-12)16-7-4-8-21(16)9-13-14(18)5-3-6-15(13)19/h3-8,12H,2,9-11H2,1H3/t12-/m1/s1. The average Bonchev–Trinajstić information content (AvgIpc) is 3.17. The molecule has 1 aromatic carbocycles. The Kier molecular flexibility index (Phi) is 5.28. The quantitative estimate of drug-likeness (QED) is 0.777. The molecule has 0 amide bonds. The van der Waals surface area contributed by atoms with Crippen LogP contribution in [0.2, 0.25) is 5.02 Å².